The molecule has 19 heavy (non-hydrogen) atoms. The van der Waals surface area contributed by atoms with Crippen LogP contribution in [0.25, 0.3) is 0 Å². The summed E-state index contributed by atoms with van der Waals surface area (Å²) in [7, 11) is 0. The minimum Gasteiger partial charge on any atom is -0.444 e. The molecule has 0 aromatic carbocycles. The van der Waals surface area contributed by atoms with Crippen molar-refractivity contribution in [1.29, 1.82) is 0 Å². The Bertz CT molecular complexity index is 321. The van der Waals surface area contributed by atoms with E-state index in [1.165, 1.54) is 19.3 Å². The Morgan fingerprint density at radius 3 is 2.42 bits per heavy atom. The van der Waals surface area contributed by atoms with Crippen LogP contribution in [-0.4, -0.2) is 53.2 Å². The average Bonchev–Trinajstić information content (AvgIpc) is 2.24. The van der Waals surface area contributed by atoms with Crippen LogP contribution in [0.5, 0.6) is 0 Å². The van der Waals surface area contributed by atoms with Crippen LogP contribution in [0.4, 0.5) is 4.79 Å². The number of nitrogens with zero attached hydrogens (tertiary/aromatic N) is 2. The first-order chi connectivity index (χ1) is 8.90. The number of hydrogen-bond acceptors (Lipinski definition) is 3. The molecule has 1 saturated heterocycles. The number of carbonyl (C=O) groups excluding carboxylic acids is 1. The molecule has 110 valence electrons. The first-order valence-corrected chi connectivity index (χ1v) is 7.64. The van der Waals surface area contributed by atoms with E-state index in [1.807, 2.05) is 25.7 Å². The molecule has 4 nitrogen and oxygen atoms in total. The maximum absolute atomic E-state index is 12.2. The monoisotopic (exact) mass is 268 g/mol. The molecule has 0 N–H and O–H groups in total. The van der Waals surface area contributed by atoms with Gasteiger partial charge in [-0.2, -0.15) is 0 Å². The first-order valence-electron chi connectivity index (χ1n) is 7.64. The van der Waals surface area contributed by atoms with Gasteiger partial charge in [0.15, 0.2) is 0 Å². The highest BCUT2D eigenvalue weighted by molar-refractivity contribution is 5.68. The molecule has 1 aliphatic carbocycles. The fourth-order valence-corrected chi connectivity index (χ4v) is 2.87. The third-order valence-electron chi connectivity index (χ3n) is 4.20. The summed E-state index contributed by atoms with van der Waals surface area (Å²) >= 11 is 0. The molecule has 0 aromatic heterocycles. The number of ether oxygens (including phenoxy) is 1. The predicted octanol–water partition coefficient (Wildman–Crippen LogP) is 2.87. The zero-order valence-electron chi connectivity index (χ0n) is 12.8. The van der Waals surface area contributed by atoms with Gasteiger partial charge in [-0.3, -0.25) is 4.90 Å². The summed E-state index contributed by atoms with van der Waals surface area (Å²) in [5, 5.41) is 0. The lowest BCUT2D eigenvalue weighted by Crippen LogP contribution is -2.59. The maximum atomic E-state index is 12.2. The van der Waals surface area contributed by atoms with E-state index < -0.39 is 5.60 Å². The van der Waals surface area contributed by atoms with Crippen LogP contribution in [-0.2, 0) is 4.74 Å². The summed E-state index contributed by atoms with van der Waals surface area (Å²) in [4.78, 5) is 16.7. The number of piperazine rings is 1. The average molecular weight is 268 g/mol. The predicted molar refractivity (Wildman–Crippen MR) is 76.2 cm³/mol. The normalized spacial score (nSPS) is 26.1. The van der Waals surface area contributed by atoms with Crippen LogP contribution in [0.2, 0.25) is 0 Å². The highest BCUT2D eigenvalue weighted by atomic mass is 16.6. The van der Waals surface area contributed by atoms with E-state index in [0.717, 1.165) is 32.1 Å². The third kappa shape index (κ3) is 3.62. The summed E-state index contributed by atoms with van der Waals surface area (Å²) in [5.74, 6) is 0. The van der Waals surface area contributed by atoms with E-state index in [1.54, 1.807) is 0 Å². The summed E-state index contributed by atoms with van der Waals surface area (Å²) in [5.41, 5.74) is -0.402. The molecule has 0 bridgehead atoms. The van der Waals surface area contributed by atoms with Gasteiger partial charge in [-0.05, 0) is 40.0 Å². The van der Waals surface area contributed by atoms with Crippen LogP contribution in [0.15, 0.2) is 0 Å². The van der Waals surface area contributed by atoms with Gasteiger partial charge in [0.05, 0.1) is 0 Å². The van der Waals surface area contributed by atoms with Crippen molar-refractivity contribution in [2.24, 2.45) is 0 Å². The molecule has 2 aliphatic rings. The molecule has 0 radical (unpaired) electrons. The van der Waals surface area contributed by atoms with E-state index in [2.05, 4.69) is 11.8 Å². The Balaban J connectivity index is 1.92. The zero-order valence-corrected chi connectivity index (χ0v) is 12.8. The lowest BCUT2D eigenvalue weighted by molar-refractivity contribution is -0.0151. The Hall–Kier alpha value is -0.770. The molecule has 1 heterocycles. The first kappa shape index (κ1) is 14.6. The number of rotatable bonds is 2. The van der Waals surface area contributed by atoms with E-state index in [-0.39, 0.29) is 6.09 Å². The van der Waals surface area contributed by atoms with Gasteiger partial charge in [0, 0.05) is 31.7 Å². The van der Waals surface area contributed by atoms with Crippen molar-refractivity contribution in [2.45, 2.75) is 71.1 Å². The van der Waals surface area contributed by atoms with E-state index in [0.29, 0.717) is 6.04 Å². The van der Waals surface area contributed by atoms with Crippen LogP contribution in [0, 0.1) is 0 Å². The molecular weight excluding hydrogens is 240 g/mol. The standard InChI is InChI=1S/C15H28N2O2/c1-5-12-11-16(13-7-6-8-13)9-10-17(12)14(18)19-15(2,3)4/h12-13H,5-11H2,1-4H3/t12-/m1/s1. The van der Waals surface area contributed by atoms with Crippen molar-refractivity contribution in [3.63, 3.8) is 0 Å². The molecule has 2 rings (SSSR count). The van der Waals surface area contributed by atoms with Crippen molar-refractivity contribution >= 4 is 6.09 Å². The molecule has 1 amide bonds. The Kier molecular flexibility index (Phi) is 4.39. The molecule has 1 aliphatic heterocycles. The van der Waals surface area contributed by atoms with Gasteiger partial charge in [-0.15, -0.1) is 0 Å². The van der Waals surface area contributed by atoms with Gasteiger partial charge >= 0.3 is 6.09 Å². The van der Waals surface area contributed by atoms with Gasteiger partial charge in [0.1, 0.15) is 5.60 Å². The second kappa shape index (κ2) is 5.70. The number of carbonyl (C=O) groups is 1. The molecule has 0 aromatic rings. The summed E-state index contributed by atoms with van der Waals surface area (Å²) in [6, 6.07) is 1.08. The fraction of sp³-hybridized carbons (Fsp3) is 0.933. The van der Waals surface area contributed by atoms with Crippen LogP contribution in [0.1, 0.15) is 53.4 Å². The Morgan fingerprint density at radius 2 is 1.95 bits per heavy atom. The van der Waals surface area contributed by atoms with Gasteiger partial charge in [0.2, 0.25) is 0 Å². The minimum atomic E-state index is -0.402. The highest BCUT2D eigenvalue weighted by Gasteiger charge is 2.35. The fourth-order valence-electron chi connectivity index (χ4n) is 2.87. The van der Waals surface area contributed by atoms with Crippen LogP contribution >= 0.6 is 0 Å². The molecule has 0 spiro atoms. The van der Waals surface area contributed by atoms with E-state index >= 15 is 0 Å². The van der Waals surface area contributed by atoms with Gasteiger partial charge in [-0.25, -0.2) is 4.79 Å². The Morgan fingerprint density at radius 1 is 1.26 bits per heavy atom. The summed E-state index contributed by atoms with van der Waals surface area (Å²) in [6.07, 6.45) is 4.90. The lowest BCUT2D eigenvalue weighted by Gasteiger charge is -2.46. The van der Waals surface area contributed by atoms with Gasteiger partial charge in [-0.1, -0.05) is 13.3 Å². The van der Waals surface area contributed by atoms with Crippen LogP contribution < -0.4 is 0 Å². The van der Waals surface area contributed by atoms with Crippen molar-refractivity contribution in [1.82, 2.24) is 9.80 Å². The summed E-state index contributed by atoms with van der Waals surface area (Å²) in [6.45, 7) is 10.8. The number of hydrogen-bond donors (Lipinski definition) is 0. The van der Waals surface area contributed by atoms with Gasteiger partial charge in [0.25, 0.3) is 0 Å². The van der Waals surface area contributed by atoms with Crippen molar-refractivity contribution in [2.75, 3.05) is 19.6 Å². The topological polar surface area (TPSA) is 32.8 Å². The van der Waals surface area contributed by atoms with Crippen molar-refractivity contribution in [3.05, 3.63) is 0 Å². The minimum absolute atomic E-state index is 0.146. The smallest absolute Gasteiger partial charge is 0.410 e. The highest BCUT2D eigenvalue weighted by Crippen LogP contribution is 2.28. The zero-order chi connectivity index (χ0) is 14.0. The largest absolute Gasteiger partial charge is 0.444 e. The molecule has 4 heteroatoms. The molecule has 2 fully saturated rings. The maximum Gasteiger partial charge on any atom is 0.410 e. The number of amides is 1. The lowest BCUT2D eigenvalue weighted by atomic mass is 9.90. The third-order valence-corrected chi connectivity index (χ3v) is 4.20. The van der Waals surface area contributed by atoms with E-state index in [9.17, 15) is 4.79 Å². The molecule has 1 saturated carbocycles. The van der Waals surface area contributed by atoms with Crippen molar-refractivity contribution in [3.8, 4) is 0 Å². The SMILES string of the molecule is CC[C@@H]1CN(C2CCC2)CCN1C(=O)OC(C)(C)C. The van der Waals surface area contributed by atoms with Crippen molar-refractivity contribution < 1.29 is 9.53 Å². The van der Waals surface area contributed by atoms with Gasteiger partial charge < -0.3 is 9.64 Å². The molecule has 1 atom stereocenters. The summed E-state index contributed by atoms with van der Waals surface area (Å²) < 4.78 is 5.51. The molecule has 0 unspecified atom stereocenters. The van der Waals surface area contributed by atoms with Crippen LogP contribution in [0.3, 0.4) is 0 Å². The second-order valence-electron chi connectivity index (χ2n) is 6.82. The Labute approximate surface area is 117 Å². The van der Waals surface area contributed by atoms with E-state index in [4.69, 9.17) is 4.74 Å². The quantitative estimate of drug-likeness (QED) is 0.772. The molecular formula is C15H28N2O2. The second-order valence-corrected chi connectivity index (χ2v) is 6.82.